The van der Waals surface area contributed by atoms with Gasteiger partial charge in [-0.25, -0.2) is 13.4 Å². The van der Waals surface area contributed by atoms with Crippen LogP contribution in [0.5, 0.6) is 5.75 Å². The van der Waals surface area contributed by atoms with Crippen LogP contribution in [-0.2, 0) is 24.3 Å². The van der Waals surface area contributed by atoms with Gasteiger partial charge in [-0.15, -0.1) is 0 Å². The van der Waals surface area contributed by atoms with Gasteiger partial charge in [-0.05, 0) is 30.3 Å². The third kappa shape index (κ3) is 4.81. The quantitative estimate of drug-likeness (QED) is 0.570. The molecule has 0 N–H and O–H groups in total. The molecule has 12 heteroatoms. The van der Waals surface area contributed by atoms with Crippen molar-refractivity contribution in [1.82, 2.24) is 14.2 Å². The summed E-state index contributed by atoms with van der Waals surface area (Å²) in [6.45, 7) is 3.10. The minimum Gasteiger partial charge on any atom is -0.482 e. The number of carbonyl (C=O) groups is 2. The lowest BCUT2D eigenvalue weighted by Gasteiger charge is -2.37. The summed E-state index contributed by atoms with van der Waals surface area (Å²) in [5.41, 5.74) is 0.288. The Balaban J connectivity index is 1.31. The van der Waals surface area contributed by atoms with Crippen LogP contribution in [0.2, 0.25) is 0 Å². The largest absolute Gasteiger partial charge is 0.482 e. The molecule has 0 bridgehead atoms. The zero-order valence-electron chi connectivity index (χ0n) is 19.2. The molecule has 5 rings (SSSR count). The first kappa shape index (κ1) is 23.5. The second kappa shape index (κ2) is 9.80. The van der Waals surface area contributed by atoms with Crippen LogP contribution in [0.25, 0.3) is 0 Å². The second-order valence-corrected chi connectivity index (χ2v) is 10.4. The molecule has 11 nitrogen and oxygen atoms in total. The molecule has 0 spiro atoms. The zero-order valence-corrected chi connectivity index (χ0v) is 20.0. The van der Waals surface area contributed by atoms with Gasteiger partial charge in [0.15, 0.2) is 6.61 Å². The summed E-state index contributed by atoms with van der Waals surface area (Å²) < 4.78 is 38.4. The Morgan fingerprint density at radius 1 is 1.00 bits per heavy atom. The van der Waals surface area contributed by atoms with E-state index in [4.69, 9.17) is 9.47 Å². The molecule has 4 heterocycles. The molecular weight excluding hydrogens is 474 g/mol. The molecule has 0 aliphatic carbocycles. The second-order valence-electron chi connectivity index (χ2n) is 8.47. The number of nitrogens with zero attached hydrogens (tertiary/aromatic N) is 5. The van der Waals surface area contributed by atoms with Crippen LogP contribution in [0.1, 0.15) is 0 Å². The van der Waals surface area contributed by atoms with Crippen LogP contribution in [0.15, 0.2) is 47.5 Å². The van der Waals surface area contributed by atoms with E-state index < -0.39 is 10.0 Å². The number of aromatic nitrogens is 1. The summed E-state index contributed by atoms with van der Waals surface area (Å²) in [6.07, 6.45) is 1.74. The maximum absolute atomic E-state index is 13.1. The SMILES string of the molecule is O=C(CN1C(=O)COc2ccc(S(=O)(=O)N3CCOCC3)cc21)N1CCN(c2ccccn2)CC1. The third-order valence-electron chi connectivity index (χ3n) is 6.38. The van der Waals surface area contributed by atoms with E-state index in [2.05, 4.69) is 9.88 Å². The maximum atomic E-state index is 13.1. The van der Waals surface area contributed by atoms with E-state index in [-0.39, 0.29) is 48.6 Å². The number of sulfonamides is 1. The van der Waals surface area contributed by atoms with Crippen LogP contribution in [0.4, 0.5) is 11.5 Å². The van der Waals surface area contributed by atoms with E-state index >= 15 is 0 Å². The minimum absolute atomic E-state index is 0.0536. The van der Waals surface area contributed by atoms with Crippen molar-refractivity contribution in [2.45, 2.75) is 4.90 Å². The summed E-state index contributed by atoms with van der Waals surface area (Å²) in [5.74, 6) is 0.649. The molecule has 2 saturated heterocycles. The van der Waals surface area contributed by atoms with Crippen molar-refractivity contribution >= 4 is 33.3 Å². The summed E-state index contributed by atoms with van der Waals surface area (Å²) in [4.78, 5) is 35.4. The molecule has 0 saturated carbocycles. The predicted molar refractivity (Wildman–Crippen MR) is 127 cm³/mol. The van der Waals surface area contributed by atoms with Gasteiger partial charge in [-0.2, -0.15) is 4.31 Å². The first-order chi connectivity index (χ1) is 16.9. The fourth-order valence-corrected chi connectivity index (χ4v) is 5.84. The highest BCUT2D eigenvalue weighted by molar-refractivity contribution is 7.89. The van der Waals surface area contributed by atoms with Crippen molar-refractivity contribution in [3.63, 3.8) is 0 Å². The Hall–Kier alpha value is -3.22. The van der Waals surface area contributed by atoms with Gasteiger partial charge in [0, 0.05) is 45.5 Å². The summed E-state index contributed by atoms with van der Waals surface area (Å²) in [6, 6.07) is 10.1. The molecule has 2 fully saturated rings. The summed E-state index contributed by atoms with van der Waals surface area (Å²) in [5, 5.41) is 0. The monoisotopic (exact) mass is 501 g/mol. The van der Waals surface area contributed by atoms with E-state index in [9.17, 15) is 18.0 Å². The average Bonchev–Trinajstić information content (AvgIpc) is 2.91. The lowest BCUT2D eigenvalue weighted by Crippen LogP contribution is -2.53. The first-order valence-electron chi connectivity index (χ1n) is 11.5. The van der Waals surface area contributed by atoms with Gasteiger partial charge in [0.05, 0.1) is 23.8 Å². The fourth-order valence-electron chi connectivity index (χ4n) is 4.41. The van der Waals surface area contributed by atoms with E-state index in [1.807, 2.05) is 18.2 Å². The number of piperazine rings is 1. The lowest BCUT2D eigenvalue weighted by atomic mass is 10.2. The molecule has 0 radical (unpaired) electrons. The molecule has 0 unspecified atom stereocenters. The fraction of sp³-hybridized carbons (Fsp3) is 0.435. The highest BCUT2D eigenvalue weighted by Gasteiger charge is 2.33. The Morgan fingerprint density at radius 2 is 1.77 bits per heavy atom. The summed E-state index contributed by atoms with van der Waals surface area (Å²) >= 11 is 0. The van der Waals surface area contributed by atoms with Gasteiger partial charge in [0.25, 0.3) is 5.91 Å². The Bertz CT molecular complexity index is 1190. The molecule has 1 aromatic heterocycles. The molecule has 35 heavy (non-hydrogen) atoms. The van der Waals surface area contributed by atoms with Crippen molar-refractivity contribution in [3.8, 4) is 5.75 Å². The van der Waals surface area contributed by atoms with Crippen molar-refractivity contribution in [1.29, 1.82) is 0 Å². The van der Waals surface area contributed by atoms with Gasteiger partial charge < -0.3 is 19.3 Å². The number of rotatable bonds is 5. The number of hydrogen-bond donors (Lipinski definition) is 0. The van der Waals surface area contributed by atoms with Crippen molar-refractivity contribution in [2.75, 3.05) is 75.4 Å². The molecule has 186 valence electrons. The van der Waals surface area contributed by atoms with Gasteiger partial charge in [0.1, 0.15) is 18.1 Å². The normalized spacial score (nSPS) is 19.3. The van der Waals surface area contributed by atoms with Crippen LogP contribution in [0.3, 0.4) is 0 Å². The van der Waals surface area contributed by atoms with E-state index in [0.29, 0.717) is 45.1 Å². The highest BCUT2D eigenvalue weighted by atomic mass is 32.2. The number of ether oxygens (including phenoxy) is 2. The zero-order chi connectivity index (χ0) is 24.4. The van der Waals surface area contributed by atoms with Crippen LogP contribution in [-0.4, -0.2) is 100 Å². The maximum Gasteiger partial charge on any atom is 0.265 e. The Morgan fingerprint density at radius 3 is 2.49 bits per heavy atom. The molecule has 1 aromatic carbocycles. The van der Waals surface area contributed by atoms with Gasteiger partial charge in [0.2, 0.25) is 15.9 Å². The van der Waals surface area contributed by atoms with E-state index in [0.717, 1.165) is 5.82 Å². The molecule has 2 aromatic rings. The van der Waals surface area contributed by atoms with Crippen LogP contribution < -0.4 is 14.5 Å². The third-order valence-corrected chi connectivity index (χ3v) is 8.27. The molecular formula is C23H27N5O6S. The molecule has 2 amide bonds. The van der Waals surface area contributed by atoms with Crippen molar-refractivity contribution in [3.05, 3.63) is 42.6 Å². The number of anilines is 2. The van der Waals surface area contributed by atoms with Gasteiger partial charge in [-0.3, -0.25) is 14.5 Å². The number of hydrogen-bond acceptors (Lipinski definition) is 8. The van der Waals surface area contributed by atoms with Crippen molar-refractivity contribution in [2.24, 2.45) is 0 Å². The number of benzene rings is 1. The van der Waals surface area contributed by atoms with E-state index in [1.165, 1.54) is 27.4 Å². The highest BCUT2D eigenvalue weighted by Crippen LogP contribution is 2.35. The lowest BCUT2D eigenvalue weighted by molar-refractivity contribution is -0.132. The number of fused-ring (bicyclic) bond motifs is 1. The molecule has 3 aliphatic rings. The smallest absolute Gasteiger partial charge is 0.265 e. The summed E-state index contributed by atoms with van der Waals surface area (Å²) in [7, 11) is -3.76. The minimum atomic E-state index is -3.76. The number of pyridine rings is 1. The standard InChI is InChI=1S/C23H27N5O6S/c29-22(26-9-7-25(8-10-26)21-3-1-2-6-24-21)16-28-19-15-18(4-5-20(19)34-17-23(28)30)35(31,32)27-11-13-33-14-12-27/h1-6,15H,7-14,16-17H2. The van der Waals surface area contributed by atoms with Crippen molar-refractivity contribution < 1.29 is 27.5 Å². The molecule has 3 aliphatic heterocycles. The molecule has 0 atom stereocenters. The van der Waals surface area contributed by atoms with E-state index in [1.54, 1.807) is 11.1 Å². The number of morpholine rings is 1. The van der Waals surface area contributed by atoms with Crippen LogP contribution in [0, 0.1) is 0 Å². The Kier molecular flexibility index (Phi) is 6.58. The van der Waals surface area contributed by atoms with Gasteiger partial charge >= 0.3 is 0 Å². The predicted octanol–water partition coefficient (Wildman–Crippen LogP) is 0.177. The average molecular weight is 502 g/mol. The van der Waals surface area contributed by atoms with Gasteiger partial charge in [-0.1, -0.05) is 6.07 Å². The number of amides is 2. The van der Waals surface area contributed by atoms with Crippen LogP contribution >= 0.6 is 0 Å². The number of carbonyl (C=O) groups excluding carboxylic acids is 2. The topological polar surface area (TPSA) is 113 Å². The first-order valence-corrected chi connectivity index (χ1v) is 13.0. The Labute approximate surface area is 203 Å².